The van der Waals surface area contributed by atoms with E-state index >= 15 is 0 Å². The Hall–Kier alpha value is -1.54. The third-order valence-electron chi connectivity index (χ3n) is 2.86. The molecule has 19 heavy (non-hydrogen) atoms. The summed E-state index contributed by atoms with van der Waals surface area (Å²) in [5.74, 6) is -1.34. The van der Waals surface area contributed by atoms with Gasteiger partial charge in [0.05, 0.1) is 11.8 Å². The fourth-order valence-electron chi connectivity index (χ4n) is 2.03. The quantitative estimate of drug-likeness (QED) is 0.361. The number of aliphatic carboxylic acids is 1. The van der Waals surface area contributed by atoms with Crippen LogP contribution in [0.1, 0.15) is 26.2 Å². The number of carboxylic acids is 1. The predicted molar refractivity (Wildman–Crippen MR) is 68.6 cm³/mol. The zero-order chi connectivity index (χ0) is 14.0. The summed E-state index contributed by atoms with van der Waals surface area (Å²) in [4.78, 5) is 35.3. The molecule has 0 saturated carbocycles. The van der Waals surface area contributed by atoms with Crippen molar-refractivity contribution in [3.63, 3.8) is 0 Å². The Balaban J connectivity index is 1.87. The van der Waals surface area contributed by atoms with Crippen molar-refractivity contribution < 1.29 is 19.5 Å². The molecule has 0 aromatic rings. The van der Waals surface area contributed by atoms with E-state index in [-0.39, 0.29) is 22.9 Å². The summed E-state index contributed by atoms with van der Waals surface area (Å²) < 4.78 is 0. The highest BCUT2D eigenvalue weighted by Gasteiger charge is 2.47. The molecule has 0 unspecified atom stereocenters. The normalized spacial score (nSPS) is 21.2. The molecular weight excluding hydrogens is 270 g/mol. The number of carboxylic acid groups (broad SMARTS) is 1. The van der Waals surface area contributed by atoms with Gasteiger partial charge in [-0.05, 0) is 12.8 Å². The molecule has 1 saturated heterocycles. The smallest absolute Gasteiger partial charge is 0.353 e. The van der Waals surface area contributed by atoms with Gasteiger partial charge in [-0.1, -0.05) is 0 Å². The first-order valence-corrected chi connectivity index (χ1v) is 6.83. The van der Waals surface area contributed by atoms with Gasteiger partial charge in [0.1, 0.15) is 5.70 Å². The number of rotatable bonds is 6. The molecule has 2 aliphatic rings. The molecule has 0 spiro atoms. The van der Waals surface area contributed by atoms with Gasteiger partial charge in [0.15, 0.2) is 0 Å². The lowest BCUT2D eigenvalue weighted by atomic mass is 10.1. The van der Waals surface area contributed by atoms with E-state index in [1.54, 1.807) is 0 Å². The van der Waals surface area contributed by atoms with Crippen molar-refractivity contribution in [3.8, 4) is 0 Å². The zero-order valence-electron chi connectivity index (χ0n) is 10.4. The van der Waals surface area contributed by atoms with Crippen molar-refractivity contribution in [2.75, 3.05) is 6.54 Å². The highest BCUT2D eigenvalue weighted by atomic mass is 32.2. The first kappa shape index (κ1) is 13.9. The molecule has 2 aliphatic heterocycles. The van der Waals surface area contributed by atoms with E-state index in [0.29, 0.717) is 25.8 Å². The third-order valence-corrected chi connectivity index (χ3v) is 4.19. The van der Waals surface area contributed by atoms with E-state index in [4.69, 9.17) is 5.11 Å². The molecule has 8 heteroatoms. The Bertz CT molecular complexity index is 463. The van der Waals surface area contributed by atoms with Crippen LogP contribution >= 0.6 is 11.8 Å². The van der Waals surface area contributed by atoms with Crippen molar-refractivity contribution in [1.82, 2.24) is 15.8 Å². The van der Waals surface area contributed by atoms with Crippen LogP contribution in [0.4, 0.5) is 0 Å². The van der Waals surface area contributed by atoms with Gasteiger partial charge in [-0.2, -0.15) is 0 Å². The highest BCUT2D eigenvalue weighted by molar-refractivity contribution is 8.04. The Labute approximate surface area is 114 Å². The van der Waals surface area contributed by atoms with E-state index in [1.165, 1.54) is 23.6 Å². The maximum Gasteiger partial charge on any atom is 0.353 e. The lowest BCUT2D eigenvalue weighted by molar-refractivity contribution is -0.145. The van der Waals surface area contributed by atoms with Crippen LogP contribution in [-0.2, 0) is 14.4 Å². The average Bonchev–Trinajstić information content (AvgIpc) is 2.61. The van der Waals surface area contributed by atoms with Gasteiger partial charge in [0.2, 0.25) is 11.8 Å². The number of thioether (sulfide) groups is 1. The van der Waals surface area contributed by atoms with Crippen molar-refractivity contribution in [2.45, 2.75) is 31.6 Å². The monoisotopic (exact) mass is 285 g/mol. The molecular formula is C11H15N3O4S. The van der Waals surface area contributed by atoms with Gasteiger partial charge < -0.3 is 5.11 Å². The molecule has 3 N–H and O–H groups in total. The number of hydrogen-bond donors (Lipinski definition) is 3. The number of hydrogen-bond acceptors (Lipinski definition) is 5. The summed E-state index contributed by atoms with van der Waals surface area (Å²) in [5, 5.41) is 9.13. The summed E-state index contributed by atoms with van der Waals surface area (Å²) >= 11 is 1.45. The van der Waals surface area contributed by atoms with E-state index in [9.17, 15) is 14.4 Å². The maximum atomic E-state index is 11.4. The first-order valence-electron chi connectivity index (χ1n) is 5.95. The van der Waals surface area contributed by atoms with Crippen LogP contribution in [0.3, 0.4) is 0 Å². The highest BCUT2D eigenvalue weighted by Crippen LogP contribution is 2.47. The topological polar surface area (TPSA) is 98.7 Å². The molecule has 2 rings (SSSR count). The number of carbonyl (C=O) groups excluding carboxylic acids is 2. The van der Waals surface area contributed by atoms with Crippen molar-refractivity contribution in [2.24, 2.45) is 0 Å². The Kier molecular flexibility index (Phi) is 4.11. The van der Waals surface area contributed by atoms with E-state index in [1.807, 2.05) is 0 Å². The number of fused-ring (bicyclic) bond motifs is 1. The Morgan fingerprint density at radius 3 is 2.84 bits per heavy atom. The molecule has 0 bridgehead atoms. The standard InChI is InChI=1S/C11H15N3O4S/c1-6(15)13-12-4-2-3-7-10(11(17)18)14-8(16)5-9(14)19-7/h9,12H,2-5H2,1H3,(H,13,15)(H,17,18)/t9-/m1/s1. The van der Waals surface area contributed by atoms with Gasteiger partial charge in [-0.25, -0.2) is 10.2 Å². The molecule has 1 atom stereocenters. The van der Waals surface area contributed by atoms with Crippen LogP contribution in [-0.4, -0.2) is 39.7 Å². The second-order valence-corrected chi connectivity index (χ2v) is 5.60. The average molecular weight is 285 g/mol. The van der Waals surface area contributed by atoms with Crippen molar-refractivity contribution in [3.05, 3.63) is 10.6 Å². The van der Waals surface area contributed by atoms with Gasteiger partial charge in [0.25, 0.3) is 0 Å². The molecule has 0 aromatic carbocycles. The minimum absolute atomic E-state index is 0.0306. The van der Waals surface area contributed by atoms with Gasteiger partial charge in [0, 0.05) is 18.4 Å². The third kappa shape index (κ3) is 2.90. The molecule has 2 heterocycles. The minimum atomic E-state index is -1.05. The SMILES string of the molecule is CC(=O)NNCCCC1=C(C(=O)O)N2C(=O)C[C@H]2S1. The van der Waals surface area contributed by atoms with E-state index in [0.717, 1.165) is 4.91 Å². The van der Waals surface area contributed by atoms with Crippen LogP contribution in [0.15, 0.2) is 10.6 Å². The fourth-order valence-corrected chi connectivity index (χ4v) is 3.47. The number of allylic oxidation sites excluding steroid dienone is 1. The molecule has 2 amide bonds. The number of nitrogens with zero attached hydrogens (tertiary/aromatic N) is 1. The van der Waals surface area contributed by atoms with Gasteiger partial charge in [-0.3, -0.25) is 19.9 Å². The van der Waals surface area contributed by atoms with Crippen LogP contribution in [0.5, 0.6) is 0 Å². The van der Waals surface area contributed by atoms with Gasteiger partial charge in [-0.15, -0.1) is 11.8 Å². The summed E-state index contributed by atoms with van der Waals surface area (Å²) in [6, 6.07) is 0. The summed E-state index contributed by atoms with van der Waals surface area (Å²) in [6.07, 6.45) is 1.68. The summed E-state index contributed by atoms with van der Waals surface area (Å²) in [6.45, 7) is 1.95. The summed E-state index contributed by atoms with van der Waals surface area (Å²) in [5.41, 5.74) is 5.32. The number of carbonyl (C=O) groups is 3. The predicted octanol–water partition coefficient (Wildman–Crippen LogP) is 0.00870. The van der Waals surface area contributed by atoms with Crippen LogP contribution in [0.25, 0.3) is 0 Å². The van der Waals surface area contributed by atoms with E-state index < -0.39 is 5.97 Å². The van der Waals surface area contributed by atoms with Gasteiger partial charge >= 0.3 is 5.97 Å². The number of β-lactam (4-membered cyclic amide) rings is 1. The lowest BCUT2D eigenvalue weighted by Gasteiger charge is -2.33. The van der Waals surface area contributed by atoms with Crippen LogP contribution in [0, 0.1) is 0 Å². The molecule has 7 nitrogen and oxygen atoms in total. The van der Waals surface area contributed by atoms with Crippen LogP contribution in [0.2, 0.25) is 0 Å². The molecule has 1 fully saturated rings. The molecule has 0 aliphatic carbocycles. The Morgan fingerprint density at radius 1 is 1.53 bits per heavy atom. The number of nitrogens with one attached hydrogen (secondary N) is 2. The summed E-state index contributed by atoms with van der Waals surface area (Å²) in [7, 11) is 0. The largest absolute Gasteiger partial charge is 0.477 e. The maximum absolute atomic E-state index is 11.4. The first-order chi connectivity index (χ1) is 9.00. The zero-order valence-corrected chi connectivity index (χ0v) is 11.2. The minimum Gasteiger partial charge on any atom is -0.477 e. The van der Waals surface area contributed by atoms with E-state index in [2.05, 4.69) is 10.9 Å². The number of amides is 2. The second kappa shape index (κ2) is 5.62. The Morgan fingerprint density at radius 2 is 2.26 bits per heavy atom. The lowest BCUT2D eigenvalue weighted by Crippen LogP contribution is -2.48. The molecule has 0 radical (unpaired) electrons. The number of hydrazine groups is 1. The molecule has 104 valence electrons. The second-order valence-electron chi connectivity index (χ2n) is 4.33. The molecule has 0 aromatic heterocycles. The fraction of sp³-hybridized carbons (Fsp3) is 0.545. The van der Waals surface area contributed by atoms with Crippen molar-refractivity contribution >= 4 is 29.5 Å². The van der Waals surface area contributed by atoms with Crippen molar-refractivity contribution in [1.29, 1.82) is 0 Å². The van der Waals surface area contributed by atoms with Crippen LogP contribution < -0.4 is 10.9 Å².